The van der Waals surface area contributed by atoms with Gasteiger partial charge in [0.2, 0.25) is 10.0 Å². The van der Waals surface area contributed by atoms with Gasteiger partial charge in [0.25, 0.3) is 5.91 Å². The number of nitrogens with zero attached hydrogens (tertiary/aromatic N) is 1. The lowest BCUT2D eigenvalue weighted by atomic mass is 10.2. The highest BCUT2D eigenvalue weighted by Crippen LogP contribution is 2.31. The summed E-state index contributed by atoms with van der Waals surface area (Å²) in [5.74, 6) is -0.0857. The maximum atomic E-state index is 12.3. The largest absolute Gasteiger partial charge is 0.335 e. The zero-order chi connectivity index (χ0) is 13.5. The minimum absolute atomic E-state index is 0.0511. The van der Waals surface area contributed by atoms with Crippen molar-refractivity contribution in [1.29, 1.82) is 0 Å². The van der Waals surface area contributed by atoms with E-state index in [1.807, 2.05) is 6.92 Å². The first-order chi connectivity index (χ1) is 8.34. The highest BCUT2D eigenvalue weighted by molar-refractivity contribution is 7.91. The summed E-state index contributed by atoms with van der Waals surface area (Å²) in [5, 5.41) is 5.08. The Morgan fingerprint density at radius 3 is 2.56 bits per heavy atom. The molecule has 1 aliphatic rings. The molecule has 0 atom stereocenters. The maximum absolute atomic E-state index is 12.3. The van der Waals surface area contributed by atoms with Crippen LogP contribution >= 0.6 is 11.3 Å². The summed E-state index contributed by atoms with van der Waals surface area (Å²) >= 11 is 0.959. The molecule has 100 valence electrons. The molecule has 0 aliphatic heterocycles. The van der Waals surface area contributed by atoms with Gasteiger partial charge in [-0.05, 0) is 38.3 Å². The summed E-state index contributed by atoms with van der Waals surface area (Å²) in [4.78, 5) is 14.6. The van der Waals surface area contributed by atoms with E-state index in [1.165, 1.54) is 6.07 Å². The molecular formula is C11H16N2O3S2. The molecule has 1 aromatic rings. The molecule has 2 rings (SSSR count). The van der Waals surface area contributed by atoms with Gasteiger partial charge in [0.15, 0.2) is 0 Å². The molecule has 0 bridgehead atoms. The third-order valence-corrected chi connectivity index (χ3v) is 5.60. The lowest BCUT2D eigenvalue weighted by molar-refractivity contribution is 0.0757. The van der Waals surface area contributed by atoms with Crippen molar-refractivity contribution in [3.05, 3.63) is 16.5 Å². The molecule has 2 N–H and O–H groups in total. The van der Waals surface area contributed by atoms with E-state index in [0.29, 0.717) is 23.0 Å². The van der Waals surface area contributed by atoms with Crippen LogP contribution in [0.25, 0.3) is 0 Å². The van der Waals surface area contributed by atoms with E-state index < -0.39 is 10.0 Å². The Morgan fingerprint density at radius 1 is 1.56 bits per heavy atom. The van der Waals surface area contributed by atoms with Crippen LogP contribution in [-0.4, -0.2) is 31.8 Å². The first-order valence-electron chi connectivity index (χ1n) is 5.78. The fraction of sp³-hybridized carbons (Fsp3) is 0.545. The number of amides is 1. The van der Waals surface area contributed by atoms with Gasteiger partial charge in [0.1, 0.15) is 4.21 Å². The van der Waals surface area contributed by atoms with E-state index in [1.54, 1.807) is 11.8 Å². The molecule has 0 radical (unpaired) electrons. The van der Waals surface area contributed by atoms with E-state index in [2.05, 4.69) is 0 Å². The minimum atomic E-state index is -3.73. The van der Waals surface area contributed by atoms with Gasteiger partial charge in [-0.2, -0.15) is 0 Å². The van der Waals surface area contributed by atoms with E-state index >= 15 is 0 Å². The number of hydrogen-bond acceptors (Lipinski definition) is 4. The van der Waals surface area contributed by atoms with Gasteiger partial charge in [-0.15, -0.1) is 11.3 Å². The average molecular weight is 288 g/mol. The van der Waals surface area contributed by atoms with E-state index in [-0.39, 0.29) is 10.1 Å². The zero-order valence-corrected chi connectivity index (χ0v) is 12.0. The van der Waals surface area contributed by atoms with Crippen LogP contribution < -0.4 is 5.14 Å². The van der Waals surface area contributed by atoms with Gasteiger partial charge in [-0.1, -0.05) is 0 Å². The quantitative estimate of drug-likeness (QED) is 0.907. The number of nitrogens with two attached hydrogens (primary N) is 1. The Labute approximate surface area is 111 Å². The molecule has 0 saturated heterocycles. The van der Waals surface area contributed by atoms with Gasteiger partial charge in [0.05, 0.1) is 4.88 Å². The monoisotopic (exact) mass is 288 g/mol. The number of hydrogen-bond donors (Lipinski definition) is 1. The predicted octanol–water partition coefficient (Wildman–Crippen LogP) is 1.33. The summed E-state index contributed by atoms with van der Waals surface area (Å²) < 4.78 is 22.6. The SMILES string of the molecule is CCN(C(=O)c1sc(S(N)(=O)=O)cc1C)C1CC1. The fourth-order valence-electron chi connectivity index (χ4n) is 1.89. The van der Waals surface area contributed by atoms with Crippen molar-refractivity contribution in [2.24, 2.45) is 5.14 Å². The summed E-state index contributed by atoms with van der Waals surface area (Å²) in [6.07, 6.45) is 2.07. The second-order valence-electron chi connectivity index (χ2n) is 4.44. The topological polar surface area (TPSA) is 80.5 Å². The second-order valence-corrected chi connectivity index (χ2v) is 7.29. The number of aryl methyl sites for hydroxylation is 1. The van der Waals surface area contributed by atoms with Gasteiger partial charge >= 0.3 is 0 Å². The molecule has 5 nitrogen and oxygen atoms in total. The first kappa shape index (κ1) is 13.5. The molecule has 1 heterocycles. The molecule has 0 unspecified atom stereocenters. The van der Waals surface area contributed by atoms with Crippen molar-refractivity contribution in [2.75, 3.05) is 6.54 Å². The number of primary sulfonamides is 1. The molecule has 1 aliphatic carbocycles. The van der Waals surface area contributed by atoms with E-state index in [0.717, 1.165) is 24.2 Å². The van der Waals surface area contributed by atoms with Crippen molar-refractivity contribution in [3.8, 4) is 0 Å². The minimum Gasteiger partial charge on any atom is -0.335 e. The van der Waals surface area contributed by atoms with E-state index in [9.17, 15) is 13.2 Å². The summed E-state index contributed by atoms with van der Waals surface area (Å²) in [7, 11) is -3.73. The van der Waals surface area contributed by atoms with Crippen molar-refractivity contribution < 1.29 is 13.2 Å². The molecular weight excluding hydrogens is 272 g/mol. The van der Waals surface area contributed by atoms with Crippen LogP contribution in [0, 0.1) is 6.92 Å². The Kier molecular flexibility index (Phi) is 3.48. The molecule has 0 aromatic carbocycles. The molecule has 1 aromatic heterocycles. The van der Waals surface area contributed by atoms with Crippen molar-refractivity contribution in [1.82, 2.24) is 4.90 Å². The first-order valence-corrected chi connectivity index (χ1v) is 8.15. The molecule has 0 spiro atoms. The highest BCUT2D eigenvalue weighted by atomic mass is 32.2. The lowest BCUT2D eigenvalue weighted by Gasteiger charge is -2.19. The van der Waals surface area contributed by atoms with Crippen LogP contribution in [0.4, 0.5) is 0 Å². The van der Waals surface area contributed by atoms with Crippen molar-refractivity contribution >= 4 is 27.3 Å². The molecule has 1 fully saturated rings. The summed E-state index contributed by atoms with van der Waals surface area (Å²) in [5.41, 5.74) is 0.674. The Morgan fingerprint density at radius 2 is 2.17 bits per heavy atom. The number of carbonyl (C=O) groups excluding carboxylic acids is 1. The summed E-state index contributed by atoms with van der Waals surface area (Å²) in [6, 6.07) is 1.79. The van der Waals surface area contributed by atoms with Crippen LogP contribution in [0.2, 0.25) is 0 Å². The zero-order valence-electron chi connectivity index (χ0n) is 10.3. The van der Waals surface area contributed by atoms with Crippen molar-refractivity contribution in [2.45, 2.75) is 36.9 Å². The number of sulfonamides is 1. The number of rotatable bonds is 4. The Hall–Kier alpha value is -0.920. The summed E-state index contributed by atoms with van der Waals surface area (Å²) in [6.45, 7) is 4.31. The number of carbonyl (C=O) groups is 1. The third kappa shape index (κ3) is 2.57. The van der Waals surface area contributed by atoms with Crippen LogP contribution in [0.15, 0.2) is 10.3 Å². The molecule has 1 saturated carbocycles. The van der Waals surface area contributed by atoms with Crippen LogP contribution in [0.3, 0.4) is 0 Å². The van der Waals surface area contributed by atoms with E-state index in [4.69, 9.17) is 5.14 Å². The second kappa shape index (κ2) is 4.64. The Balaban J connectivity index is 2.33. The lowest BCUT2D eigenvalue weighted by Crippen LogP contribution is -2.32. The predicted molar refractivity (Wildman–Crippen MR) is 70.2 cm³/mol. The standard InChI is InChI=1S/C11H16N2O3S2/c1-3-13(8-4-5-8)11(14)10-7(2)6-9(17-10)18(12,15)16/h6,8H,3-5H2,1-2H3,(H2,12,15,16). The van der Waals surface area contributed by atoms with Gasteiger partial charge in [-0.3, -0.25) is 4.79 Å². The van der Waals surface area contributed by atoms with Crippen LogP contribution in [0.1, 0.15) is 35.0 Å². The smallest absolute Gasteiger partial charge is 0.264 e. The molecule has 18 heavy (non-hydrogen) atoms. The average Bonchev–Trinajstić information content (AvgIpc) is 3.00. The normalized spacial score (nSPS) is 15.7. The van der Waals surface area contributed by atoms with Crippen molar-refractivity contribution in [3.63, 3.8) is 0 Å². The third-order valence-electron chi connectivity index (χ3n) is 2.96. The van der Waals surface area contributed by atoms with Gasteiger partial charge in [-0.25, -0.2) is 13.6 Å². The maximum Gasteiger partial charge on any atom is 0.264 e. The van der Waals surface area contributed by atoms with Crippen LogP contribution in [0.5, 0.6) is 0 Å². The molecule has 7 heteroatoms. The Bertz CT molecular complexity index is 573. The number of thiophene rings is 1. The van der Waals surface area contributed by atoms with Crippen LogP contribution in [-0.2, 0) is 10.0 Å². The fourth-order valence-corrected chi connectivity index (χ4v) is 3.81. The van der Waals surface area contributed by atoms with Gasteiger partial charge < -0.3 is 4.90 Å². The van der Waals surface area contributed by atoms with Gasteiger partial charge in [0, 0.05) is 12.6 Å². The molecule has 1 amide bonds. The highest BCUT2D eigenvalue weighted by Gasteiger charge is 2.33.